The van der Waals surface area contributed by atoms with Crippen LogP contribution in [0.4, 0.5) is 0 Å². The molecule has 2 aliphatic rings. The first-order valence-electron chi connectivity index (χ1n) is 8.39. The van der Waals surface area contributed by atoms with Crippen molar-refractivity contribution in [2.45, 2.75) is 0 Å². The highest BCUT2D eigenvalue weighted by Crippen LogP contribution is 2.32. The molecule has 0 radical (unpaired) electrons. The summed E-state index contributed by atoms with van der Waals surface area (Å²) in [7, 11) is -2.39. The van der Waals surface area contributed by atoms with Gasteiger partial charge in [-0.1, -0.05) is 54.6 Å². The molecular weight excluding hydrogens is 322 g/mol. The van der Waals surface area contributed by atoms with Gasteiger partial charge in [0.15, 0.2) is 0 Å². The molecule has 1 atom stereocenters. The standard InChI is InChI=1S/C21H13N3Si/c1-3-8-16-14(6-1)19-18(10-5-11-22-19)25(16)17-9-4-2-7-15(17)20-21(25)24-13-12-23-20/h1-13H. The van der Waals surface area contributed by atoms with Gasteiger partial charge in [-0.2, -0.15) is 0 Å². The van der Waals surface area contributed by atoms with Crippen LogP contribution < -0.4 is 20.9 Å². The maximum Gasteiger partial charge on any atom is 0.208 e. The Labute approximate surface area is 146 Å². The first kappa shape index (κ1) is 13.2. The van der Waals surface area contributed by atoms with E-state index in [0.29, 0.717) is 0 Å². The van der Waals surface area contributed by atoms with Gasteiger partial charge in [0.05, 0.1) is 16.7 Å². The summed E-state index contributed by atoms with van der Waals surface area (Å²) in [6.07, 6.45) is 5.52. The molecule has 4 heterocycles. The maximum atomic E-state index is 4.88. The third-order valence-electron chi connectivity index (χ3n) is 5.44. The van der Waals surface area contributed by atoms with Crippen LogP contribution in [0.5, 0.6) is 0 Å². The van der Waals surface area contributed by atoms with Gasteiger partial charge in [0, 0.05) is 29.7 Å². The van der Waals surface area contributed by atoms with Crippen LogP contribution in [-0.2, 0) is 0 Å². The van der Waals surface area contributed by atoms with Crippen LogP contribution in [0.3, 0.4) is 0 Å². The van der Waals surface area contributed by atoms with Gasteiger partial charge in [0.1, 0.15) is 0 Å². The van der Waals surface area contributed by atoms with Gasteiger partial charge in [-0.3, -0.25) is 15.0 Å². The van der Waals surface area contributed by atoms with Crippen LogP contribution >= 0.6 is 0 Å². The highest BCUT2D eigenvalue weighted by Gasteiger charge is 2.56. The van der Waals surface area contributed by atoms with Crippen molar-refractivity contribution in [3.8, 4) is 22.5 Å². The lowest BCUT2D eigenvalue weighted by Gasteiger charge is -2.25. The molecule has 0 aliphatic carbocycles. The quantitative estimate of drug-likeness (QED) is 0.392. The molecule has 0 saturated carbocycles. The van der Waals surface area contributed by atoms with E-state index >= 15 is 0 Å². The number of benzene rings is 2. The van der Waals surface area contributed by atoms with E-state index in [1.54, 1.807) is 6.20 Å². The summed E-state index contributed by atoms with van der Waals surface area (Å²) in [5, 5.41) is 5.25. The summed E-state index contributed by atoms with van der Waals surface area (Å²) in [6, 6.07) is 21.7. The third kappa shape index (κ3) is 1.40. The van der Waals surface area contributed by atoms with Gasteiger partial charge in [0.25, 0.3) is 0 Å². The van der Waals surface area contributed by atoms with Gasteiger partial charge >= 0.3 is 0 Å². The number of fused-ring (bicyclic) bond motifs is 10. The largest absolute Gasteiger partial charge is 0.261 e. The Hall–Kier alpha value is -3.11. The van der Waals surface area contributed by atoms with Crippen molar-refractivity contribution in [3.63, 3.8) is 0 Å². The lowest BCUT2D eigenvalue weighted by atomic mass is 10.1. The predicted octanol–water partition coefficient (Wildman–Crippen LogP) is 1.21. The minimum atomic E-state index is -2.39. The zero-order valence-corrected chi connectivity index (χ0v) is 14.3. The summed E-state index contributed by atoms with van der Waals surface area (Å²) in [5.41, 5.74) is 4.62. The lowest BCUT2D eigenvalue weighted by Crippen LogP contribution is -2.71. The second-order valence-electron chi connectivity index (χ2n) is 6.49. The minimum Gasteiger partial charge on any atom is -0.261 e. The van der Waals surface area contributed by atoms with Crippen molar-refractivity contribution in [3.05, 3.63) is 79.3 Å². The van der Waals surface area contributed by atoms with Crippen molar-refractivity contribution in [1.29, 1.82) is 0 Å². The third-order valence-corrected chi connectivity index (χ3v) is 10.2. The molecule has 0 saturated heterocycles. The van der Waals surface area contributed by atoms with Crippen LogP contribution in [-0.4, -0.2) is 23.0 Å². The first-order valence-corrected chi connectivity index (χ1v) is 10.4. The highest BCUT2D eigenvalue weighted by atomic mass is 28.3. The summed E-state index contributed by atoms with van der Waals surface area (Å²) in [4.78, 5) is 14.3. The minimum absolute atomic E-state index is 1.04. The molecule has 4 aromatic rings. The Balaban J connectivity index is 1.89. The fourth-order valence-corrected chi connectivity index (χ4v) is 9.85. The molecule has 4 heteroatoms. The molecule has 6 rings (SSSR count). The normalized spacial score (nSPS) is 18.6. The Kier molecular flexibility index (Phi) is 2.37. The SMILES string of the molecule is c1ccc2c(c1)-c1ncccc1[Si]21c2ccccc2-c2nccnc21. The fraction of sp³-hybridized carbons (Fsp3) is 0. The number of pyridine rings is 1. The molecule has 2 aliphatic heterocycles. The van der Waals surface area contributed by atoms with E-state index in [2.05, 4.69) is 60.7 Å². The number of aromatic nitrogens is 3. The Bertz CT molecular complexity index is 981. The maximum absolute atomic E-state index is 4.88. The van der Waals surface area contributed by atoms with Crippen molar-refractivity contribution >= 4 is 29.0 Å². The summed E-state index contributed by atoms with van der Waals surface area (Å²) in [5.74, 6) is 0. The average molecular weight is 335 g/mol. The summed E-state index contributed by atoms with van der Waals surface area (Å²) in [6.45, 7) is 0. The van der Waals surface area contributed by atoms with Crippen LogP contribution in [0, 0.1) is 0 Å². The number of nitrogens with zero attached hydrogens (tertiary/aromatic N) is 3. The molecule has 2 aromatic heterocycles. The lowest BCUT2D eigenvalue weighted by molar-refractivity contribution is 1.25. The highest BCUT2D eigenvalue weighted by molar-refractivity contribution is 7.23. The molecule has 25 heavy (non-hydrogen) atoms. The number of rotatable bonds is 0. The molecule has 1 unspecified atom stereocenters. The molecule has 1 spiro atoms. The molecule has 116 valence electrons. The summed E-state index contributed by atoms with van der Waals surface area (Å²) < 4.78 is 0. The Morgan fingerprint density at radius 2 is 1.12 bits per heavy atom. The van der Waals surface area contributed by atoms with Crippen molar-refractivity contribution in [2.75, 3.05) is 0 Å². The van der Waals surface area contributed by atoms with Crippen LogP contribution in [0.15, 0.2) is 79.3 Å². The van der Waals surface area contributed by atoms with Crippen LogP contribution in [0.2, 0.25) is 0 Å². The zero-order valence-electron chi connectivity index (χ0n) is 13.3. The topological polar surface area (TPSA) is 38.7 Å². The van der Waals surface area contributed by atoms with Gasteiger partial charge < -0.3 is 0 Å². The zero-order chi connectivity index (χ0) is 16.4. The average Bonchev–Trinajstić information content (AvgIpc) is 3.16. The van der Waals surface area contributed by atoms with E-state index < -0.39 is 8.07 Å². The number of hydrogen-bond acceptors (Lipinski definition) is 3. The molecule has 2 aromatic carbocycles. The van der Waals surface area contributed by atoms with Crippen LogP contribution in [0.25, 0.3) is 22.5 Å². The predicted molar refractivity (Wildman–Crippen MR) is 101 cm³/mol. The van der Waals surface area contributed by atoms with Crippen LogP contribution in [0.1, 0.15) is 0 Å². The van der Waals surface area contributed by atoms with Gasteiger partial charge in [-0.15, -0.1) is 0 Å². The molecule has 0 bridgehead atoms. The fourth-order valence-electron chi connectivity index (χ4n) is 4.58. The van der Waals surface area contributed by atoms with E-state index in [1.807, 2.05) is 12.4 Å². The van der Waals surface area contributed by atoms with Crippen molar-refractivity contribution < 1.29 is 0 Å². The molecule has 0 fully saturated rings. The van der Waals surface area contributed by atoms with Gasteiger partial charge in [0.2, 0.25) is 8.07 Å². The molecule has 0 amide bonds. The monoisotopic (exact) mass is 335 g/mol. The van der Waals surface area contributed by atoms with Gasteiger partial charge in [-0.25, -0.2) is 0 Å². The van der Waals surface area contributed by atoms with E-state index in [4.69, 9.17) is 15.0 Å². The molecule has 3 nitrogen and oxygen atoms in total. The van der Waals surface area contributed by atoms with Crippen molar-refractivity contribution in [2.24, 2.45) is 0 Å². The number of hydrogen-bond donors (Lipinski definition) is 0. The Morgan fingerprint density at radius 1 is 0.520 bits per heavy atom. The second kappa shape index (κ2) is 4.49. The first-order chi connectivity index (χ1) is 12.4. The van der Waals surface area contributed by atoms with E-state index in [0.717, 1.165) is 16.7 Å². The summed E-state index contributed by atoms with van der Waals surface area (Å²) >= 11 is 0. The van der Waals surface area contributed by atoms with Gasteiger partial charge in [-0.05, 0) is 21.6 Å². The second-order valence-corrected chi connectivity index (χ2v) is 10.1. The Morgan fingerprint density at radius 3 is 1.92 bits per heavy atom. The van der Waals surface area contributed by atoms with E-state index in [9.17, 15) is 0 Å². The van der Waals surface area contributed by atoms with Crippen molar-refractivity contribution in [1.82, 2.24) is 15.0 Å². The van der Waals surface area contributed by atoms with E-state index in [1.165, 1.54) is 26.7 Å². The smallest absolute Gasteiger partial charge is 0.208 e. The van der Waals surface area contributed by atoms with E-state index in [-0.39, 0.29) is 0 Å². The molecule has 0 N–H and O–H groups in total. The molecular formula is C21H13N3Si.